The Labute approximate surface area is 106 Å². The van der Waals surface area contributed by atoms with E-state index in [-0.39, 0.29) is 17.6 Å². The van der Waals surface area contributed by atoms with Crippen molar-refractivity contribution in [1.29, 1.82) is 0 Å². The number of hydrogen-bond acceptors (Lipinski definition) is 2. The summed E-state index contributed by atoms with van der Waals surface area (Å²) in [6.45, 7) is 0. The number of anilines is 1. The minimum Gasteiger partial charge on any atom is -0.506 e. The summed E-state index contributed by atoms with van der Waals surface area (Å²) in [7, 11) is 0. The molecule has 0 heterocycles. The van der Waals surface area contributed by atoms with Crippen molar-refractivity contribution in [1.82, 2.24) is 0 Å². The Morgan fingerprint density at radius 1 is 1.29 bits per heavy atom. The van der Waals surface area contributed by atoms with E-state index in [1.54, 1.807) is 12.1 Å². The van der Waals surface area contributed by atoms with Crippen LogP contribution < -0.4 is 5.32 Å². The Hall–Kier alpha value is -1.22. The first-order valence-electron chi connectivity index (χ1n) is 5.96. The summed E-state index contributed by atoms with van der Waals surface area (Å²) in [5, 5.41) is 12.9. The van der Waals surface area contributed by atoms with Crippen LogP contribution in [0.3, 0.4) is 0 Å². The van der Waals surface area contributed by atoms with Gasteiger partial charge < -0.3 is 10.4 Å². The summed E-state index contributed by atoms with van der Waals surface area (Å²) in [5.74, 6) is 0.114. The zero-order valence-electron chi connectivity index (χ0n) is 9.58. The maximum atomic E-state index is 12.0. The number of benzene rings is 1. The number of amides is 1. The lowest BCUT2D eigenvalue weighted by Crippen LogP contribution is -2.24. The van der Waals surface area contributed by atoms with Crippen LogP contribution in [0.5, 0.6) is 5.75 Å². The van der Waals surface area contributed by atoms with E-state index in [1.807, 2.05) is 0 Å². The Morgan fingerprint density at radius 3 is 2.71 bits per heavy atom. The fourth-order valence-electron chi connectivity index (χ4n) is 2.21. The number of halogens is 1. The van der Waals surface area contributed by atoms with Gasteiger partial charge in [-0.05, 0) is 31.0 Å². The summed E-state index contributed by atoms with van der Waals surface area (Å²) in [4.78, 5) is 12.0. The van der Waals surface area contributed by atoms with Gasteiger partial charge in [0.05, 0.1) is 5.69 Å². The summed E-state index contributed by atoms with van der Waals surface area (Å²) < 4.78 is 0. The molecule has 2 rings (SSSR count). The van der Waals surface area contributed by atoms with Crippen LogP contribution in [0.25, 0.3) is 0 Å². The number of carbonyl (C=O) groups excluding carboxylic acids is 1. The molecule has 3 nitrogen and oxygen atoms in total. The predicted octanol–water partition coefficient (Wildman–Crippen LogP) is 3.56. The van der Waals surface area contributed by atoms with Gasteiger partial charge in [0.25, 0.3) is 0 Å². The van der Waals surface area contributed by atoms with Crippen molar-refractivity contribution in [3.63, 3.8) is 0 Å². The molecular formula is C13H16ClNO2. The first kappa shape index (κ1) is 12.2. The van der Waals surface area contributed by atoms with Crippen LogP contribution in [0.15, 0.2) is 18.2 Å². The molecule has 0 unspecified atom stereocenters. The number of phenolic OH excluding ortho intramolecular Hbond substituents is 1. The van der Waals surface area contributed by atoms with Crippen LogP contribution in [0.4, 0.5) is 5.69 Å². The van der Waals surface area contributed by atoms with Gasteiger partial charge in [-0.2, -0.15) is 0 Å². The zero-order valence-corrected chi connectivity index (χ0v) is 10.3. The second-order valence-electron chi connectivity index (χ2n) is 4.49. The summed E-state index contributed by atoms with van der Waals surface area (Å²) in [6.07, 6.45) is 5.31. The molecular weight excluding hydrogens is 238 g/mol. The molecule has 1 aromatic carbocycles. The fourth-order valence-corrected chi connectivity index (χ4v) is 2.38. The van der Waals surface area contributed by atoms with Gasteiger partial charge in [0.1, 0.15) is 5.75 Å². The van der Waals surface area contributed by atoms with E-state index in [0.29, 0.717) is 10.7 Å². The third-order valence-corrected chi connectivity index (χ3v) is 3.43. The molecule has 17 heavy (non-hydrogen) atoms. The molecule has 1 aromatic rings. The Bertz CT molecular complexity index is 414. The van der Waals surface area contributed by atoms with Gasteiger partial charge in [-0.25, -0.2) is 0 Å². The molecule has 0 aliphatic heterocycles. The molecule has 1 aliphatic carbocycles. The van der Waals surface area contributed by atoms with Crippen molar-refractivity contribution < 1.29 is 9.90 Å². The molecule has 4 heteroatoms. The number of hydrogen-bond donors (Lipinski definition) is 2. The molecule has 0 bridgehead atoms. The standard InChI is InChI=1S/C13H16ClNO2/c14-10-6-7-12(16)11(8-10)15-13(17)9-4-2-1-3-5-9/h6-9,16H,1-5H2,(H,15,17). The Kier molecular flexibility index (Phi) is 3.89. The molecule has 0 aromatic heterocycles. The Morgan fingerprint density at radius 2 is 2.00 bits per heavy atom. The van der Waals surface area contributed by atoms with E-state index in [0.717, 1.165) is 25.7 Å². The number of rotatable bonds is 2. The van der Waals surface area contributed by atoms with Gasteiger partial charge >= 0.3 is 0 Å². The van der Waals surface area contributed by atoms with Gasteiger partial charge in [0, 0.05) is 10.9 Å². The molecule has 0 saturated heterocycles. The third-order valence-electron chi connectivity index (χ3n) is 3.19. The molecule has 1 aliphatic rings. The van der Waals surface area contributed by atoms with Crippen LogP contribution in [0, 0.1) is 5.92 Å². The van der Waals surface area contributed by atoms with E-state index < -0.39 is 0 Å². The smallest absolute Gasteiger partial charge is 0.227 e. The van der Waals surface area contributed by atoms with Gasteiger partial charge in [-0.15, -0.1) is 0 Å². The van der Waals surface area contributed by atoms with Crippen LogP contribution >= 0.6 is 11.6 Å². The van der Waals surface area contributed by atoms with Gasteiger partial charge in [-0.1, -0.05) is 30.9 Å². The summed E-state index contributed by atoms with van der Waals surface area (Å²) >= 11 is 5.82. The van der Waals surface area contributed by atoms with E-state index in [1.165, 1.54) is 12.5 Å². The van der Waals surface area contributed by atoms with Crippen LogP contribution in [-0.2, 0) is 4.79 Å². The highest BCUT2D eigenvalue weighted by Gasteiger charge is 2.21. The lowest BCUT2D eigenvalue weighted by molar-refractivity contribution is -0.120. The largest absolute Gasteiger partial charge is 0.506 e. The van der Waals surface area contributed by atoms with Crippen molar-refractivity contribution in [3.8, 4) is 5.75 Å². The first-order valence-corrected chi connectivity index (χ1v) is 6.34. The highest BCUT2D eigenvalue weighted by atomic mass is 35.5. The average Bonchev–Trinajstić information content (AvgIpc) is 2.35. The quantitative estimate of drug-likeness (QED) is 0.792. The van der Waals surface area contributed by atoms with E-state index in [4.69, 9.17) is 11.6 Å². The molecule has 1 amide bonds. The van der Waals surface area contributed by atoms with Gasteiger partial charge in [0.2, 0.25) is 5.91 Å². The number of phenols is 1. The van der Waals surface area contributed by atoms with Gasteiger partial charge in [-0.3, -0.25) is 4.79 Å². The zero-order chi connectivity index (χ0) is 12.3. The molecule has 0 spiro atoms. The van der Waals surface area contributed by atoms with Crippen molar-refractivity contribution in [3.05, 3.63) is 23.2 Å². The second-order valence-corrected chi connectivity index (χ2v) is 4.92. The van der Waals surface area contributed by atoms with Crippen molar-refractivity contribution in [2.75, 3.05) is 5.32 Å². The number of aromatic hydroxyl groups is 1. The topological polar surface area (TPSA) is 49.3 Å². The number of carbonyl (C=O) groups is 1. The molecule has 2 N–H and O–H groups in total. The maximum absolute atomic E-state index is 12.0. The molecule has 1 saturated carbocycles. The Balaban J connectivity index is 2.04. The van der Waals surface area contributed by atoms with Crippen LogP contribution in [0.1, 0.15) is 32.1 Å². The van der Waals surface area contributed by atoms with Crippen molar-refractivity contribution in [2.45, 2.75) is 32.1 Å². The third kappa shape index (κ3) is 3.13. The molecule has 1 fully saturated rings. The monoisotopic (exact) mass is 253 g/mol. The first-order chi connectivity index (χ1) is 8.16. The SMILES string of the molecule is O=C(Nc1cc(Cl)ccc1O)C1CCCCC1. The molecule has 0 atom stereocenters. The second kappa shape index (κ2) is 5.41. The minimum atomic E-state index is -0.0118. The number of nitrogens with one attached hydrogen (secondary N) is 1. The highest BCUT2D eigenvalue weighted by Crippen LogP contribution is 2.29. The van der Waals surface area contributed by atoms with E-state index in [9.17, 15) is 9.90 Å². The maximum Gasteiger partial charge on any atom is 0.227 e. The van der Waals surface area contributed by atoms with E-state index in [2.05, 4.69) is 5.32 Å². The molecule has 92 valence electrons. The lowest BCUT2D eigenvalue weighted by Gasteiger charge is -2.21. The van der Waals surface area contributed by atoms with Crippen LogP contribution in [-0.4, -0.2) is 11.0 Å². The van der Waals surface area contributed by atoms with Crippen molar-refractivity contribution >= 4 is 23.2 Å². The van der Waals surface area contributed by atoms with E-state index >= 15 is 0 Å². The average molecular weight is 254 g/mol. The summed E-state index contributed by atoms with van der Waals surface area (Å²) in [6, 6.07) is 4.64. The van der Waals surface area contributed by atoms with Crippen molar-refractivity contribution in [2.24, 2.45) is 5.92 Å². The molecule has 0 radical (unpaired) electrons. The van der Waals surface area contributed by atoms with Gasteiger partial charge in [0.15, 0.2) is 0 Å². The van der Waals surface area contributed by atoms with Crippen LogP contribution in [0.2, 0.25) is 5.02 Å². The minimum absolute atomic E-state index is 0.0118. The predicted molar refractivity (Wildman–Crippen MR) is 68.3 cm³/mol. The fraction of sp³-hybridized carbons (Fsp3) is 0.462. The summed E-state index contributed by atoms with van der Waals surface area (Å²) in [5.41, 5.74) is 0.396. The lowest BCUT2D eigenvalue weighted by atomic mass is 9.88. The normalized spacial score (nSPS) is 16.8. The highest BCUT2D eigenvalue weighted by molar-refractivity contribution is 6.31.